The number of carbonyl (C=O) groups excluding carboxylic acids is 1. The van der Waals surface area contributed by atoms with Gasteiger partial charge in [0.25, 0.3) is 5.91 Å². The Kier molecular flexibility index (Phi) is 7.68. The average Bonchev–Trinajstić information content (AvgIpc) is 3.26. The molecule has 0 aliphatic carbocycles. The number of furan rings is 1. The third-order valence-corrected chi connectivity index (χ3v) is 6.41. The van der Waals surface area contributed by atoms with Crippen LogP contribution < -0.4 is 4.74 Å². The Balaban J connectivity index is 1.45. The van der Waals surface area contributed by atoms with Gasteiger partial charge in [-0.1, -0.05) is 36.4 Å². The summed E-state index contributed by atoms with van der Waals surface area (Å²) < 4.78 is 11.4. The summed E-state index contributed by atoms with van der Waals surface area (Å²) in [6.45, 7) is 5.17. The van der Waals surface area contributed by atoms with Gasteiger partial charge in [-0.25, -0.2) is 0 Å². The van der Waals surface area contributed by atoms with Crippen LogP contribution in [0.5, 0.6) is 5.75 Å². The van der Waals surface area contributed by atoms with Crippen molar-refractivity contribution in [2.75, 3.05) is 53.9 Å². The zero-order chi connectivity index (χ0) is 23.2. The fraction of sp³-hybridized carbons (Fsp3) is 0.444. The third kappa shape index (κ3) is 5.95. The molecule has 1 atom stereocenters. The van der Waals surface area contributed by atoms with Crippen molar-refractivity contribution in [2.24, 2.45) is 5.92 Å². The number of methoxy groups -OCH3 is 1. The van der Waals surface area contributed by atoms with Crippen LogP contribution in [0.4, 0.5) is 0 Å². The fourth-order valence-corrected chi connectivity index (χ4v) is 4.67. The first-order chi connectivity index (χ1) is 16.0. The number of rotatable bonds is 9. The first kappa shape index (κ1) is 23.3. The standard InChI is InChI=1S/C27H35N3O3/c1-28(2)15-16-30(27(31)26-17-22-10-4-7-13-25(22)33-26)19-21-9-8-14-29(18-21)20-23-11-5-6-12-24(23)32-3/h4-7,10-13,17,21H,8-9,14-16,18-20H2,1-3H3. The zero-order valence-electron chi connectivity index (χ0n) is 20.0. The summed E-state index contributed by atoms with van der Waals surface area (Å²) >= 11 is 0. The summed E-state index contributed by atoms with van der Waals surface area (Å²) in [5, 5.41) is 0.967. The normalized spacial score (nSPS) is 16.9. The third-order valence-electron chi connectivity index (χ3n) is 6.41. The van der Waals surface area contributed by atoms with Gasteiger partial charge in [-0.05, 0) is 57.6 Å². The van der Waals surface area contributed by atoms with Crippen molar-refractivity contribution < 1.29 is 13.9 Å². The minimum absolute atomic E-state index is 0.0186. The van der Waals surface area contributed by atoms with E-state index in [0.717, 1.165) is 62.3 Å². The molecule has 6 nitrogen and oxygen atoms in total. The maximum atomic E-state index is 13.4. The Hall–Kier alpha value is -2.83. The van der Waals surface area contributed by atoms with Crippen LogP contribution in [0.15, 0.2) is 59.0 Å². The molecule has 0 bridgehead atoms. The number of fused-ring (bicyclic) bond motifs is 1. The lowest BCUT2D eigenvalue weighted by Crippen LogP contribution is -2.44. The monoisotopic (exact) mass is 449 g/mol. The summed E-state index contributed by atoms with van der Waals surface area (Å²) in [5.41, 5.74) is 1.97. The predicted molar refractivity (Wildman–Crippen MR) is 132 cm³/mol. The molecule has 0 spiro atoms. The first-order valence-electron chi connectivity index (χ1n) is 11.8. The van der Waals surface area contributed by atoms with Gasteiger partial charge in [-0.3, -0.25) is 9.69 Å². The van der Waals surface area contributed by atoms with E-state index in [-0.39, 0.29) is 5.91 Å². The minimum atomic E-state index is -0.0186. The van der Waals surface area contributed by atoms with Gasteiger partial charge >= 0.3 is 0 Å². The van der Waals surface area contributed by atoms with Gasteiger partial charge in [0.15, 0.2) is 5.76 Å². The molecule has 2 aromatic carbocycles. The second-order valence-electron chi connectivity index (χ2n) is 9.26. The number of likely N-dealkylation sites (tertiary alicyclic amines) is 1. The molecule has 1 saturated heterocycles. The number of benzene rings is 2. The Morgan fingerprint density at radius 2 is 1.91 bits per heavy atom. The molecular formula is C27H35N3O3. The molecule has 2 heterocycles. The summed E-state index contributed by atoms with van der Waals surface area (Å²) in [5.74, 6) is 1.78. The van der Waals surface area contributed by atoms with Crippen LogP contribution in [0.25, 0.3) is 11.0 Å². The van der Waals surface area contributed by atoms with Crippen molar-refractivity contribution in [3.8, 4) is 5.75 Å². The van der Waals surface area contributed by atoms with Gasteiger partial charge in [0.05, 0.1) is 7.11 Å². The lowest BCUT2D eigenvalue weighted by atomic mass is 9.96. The number of hydrogen-bond acceptors (Lipinski definition) is 5. The van der Waals surface area contributed by atoms with Crippen molar-refractivity contribution in [1.82, 2.24) is 14.7 Å². The molecule has 0 radical (unpaired) electrons. The van der Waals surface area contributed by atoms with E-state index < -0.39 is 0 Å². The highest BCUT2D eigenvalue weighted by Crippen LogP contribution is 2.25. The molecule has 33 heavy (non-hydrogen) atoms. The zero-order valence-corrected chi connectivity index (χ0v) is 20.0. The van der Waals surface area contributed by atoms with Gasteiger partial charge in [0, 0.05) is 43.7 Å². The number of para-hydroxylation sites is 2. The van der Waals surface area contributed by atoms with E-state index in [2.05, 4.69) is 21.9 Å². The van der Waals surface area contributed by atoms with Gasteiger partial charge in [0.1, 0.15) is 11.3 Å². The molecule has 1 aliphatic rings. The molecule has 1 amide bonds. The van der Waals surface area contributed by atoms with Crippen molar-refractivity contribution >= 4 is 16.9 Å². The quantitative estimate of drug-likeness (QED) is 0.486. The minimum Gasteiger partial charge on any atom is -0.496 e. The van der Waals surface area contributed by atoms with Crippen molar-refractivity contribution in [2.45, 2.75) is 19.4 Å². The molecule has 1 aliphatic heterocycles. The van der Waals surface area contributed by atoms with Crippen LogP contribution in [0, 0.1) is 5.92 Å². The molecular weight excluding hydrogens is 414 g/mol. The lowest BCUT2D eigenvalue weighted by Gasteiger charge is -2.36. The van der Waals surface area contributed by atoms with Gasteiger partial charge < -0.3 is 19.0 Å². The van der Waals surface area contributed by atoms with Crippen LogP contribution in [0.3, 0.4) is 0 Å². The highest BCUT2D eigenvalue weighted by molar-refractivity contribution is 5.96. The summed E-state index contributed by atoms with van der Waals surface area (Å²) in [4.78, 5) is 20.0. The van der Waals surface area contributed by atoms with Crippen LogP contribution in [0.2, 0.25) is 0 Å². The molecule has 1 fully saturated rings. The number of hydrogen-bond donors (Lipinski definition) is 0. The van der Waals surface area contributed by atoms with Crippen molar-refractivity contribution in [3.63, 3.8) is 0 Å². The second-order valence-corrected chi connectivity index (χ2v) is 9.26. The molecule has 1 unspecified atom stereocenters. The van der Waals surface area contributed by atoms with E-state index in [4.69, 9.17) is 9.15 Å². The van der Waals surface area contributed by atoms with Crippen LogP contribution in [-0.2, 0) is 6.54 Å². The van der Waals surface area contributed by atoms with Crippen molar-refractivity contribution in [1.29, 1.82) is 0 Å². The number of likely N-dealkylation sites (N-methyl/N-ethyl adjacent to an activating group) is 1. The van der Waals surface area contributed by atoms with Crippen LogP contribution in [0.1, 0.15) is 29.0 Å². The lowest BCUT2D eigenvalue weighted by molar-refractivity contribution is 0.0632. The van der Waals surface area contributed by atoms with Crippen molar-refractivity contribution in [3.05, 3.63) is 65.9 Å². The summed E-state index contributed by atoms with van der Waals surface area (Å²) in [6, 6.07) is 17.9. The molecule has 176 valence electrons. The van der Waals surface area contributed by atoms with Crippen LogP contribution in [-0.4, -0.2) is 74.5 Å². The SMILES string of the molecule is COc1ccccc1CN1CCCC(CN(CCN(C)C)C(=O)c2cc3ccccc3o2)C1. The Morgan fingerprint density at radius 1 is 1.12 bits per heavy atom. The summed E-state index contributed by atoms with van der Waals surface area (Å²) in [7, 11) is 5.81. The van der Waals surface area contributed by atoms with E-state index in [0.29, 0.717) is 18.2 Å². The highest BCUT2D eigenvalue weighted by Gasteiger charge is 2.27. The Labute approximate surface area is 196 Å². The number of carbonyl (C=O) groups is 1. The second kappa shape index (κ2) is 10.9. The maximum absolute atomic E-state index is 13.4. The molecule has 1 aromatic heterocycles. The number of amides is 1. The van der Waals surface area contributed by atoms with Crippen LogP contribution >= 0.6 is 0 Å². The predicted octanol–water partition coefficient (Wildman–Crippen LogP) is 4.36. The number of piperidine rings is 1. The van der Waals surface area contributed by atoms with Gasteiger partial charge in [-0.15, -0.1) is 0 Å². The number of ether oxygens (including phenoxy) is 1. The topological polar surface area (TPSA) is 49.2 Å². The number of nitrogens with zero attached hydrogens (tertiary/aromatic N) is 3. The van der Waals surface area contributed by atoms with E-state index in [1.165, 1.54) is 5.56 Å². The molecule has 3 aromatic rings. The molecule has 0 saturated carbocycles. The molecule has 4 rings (SSSR count). The highest BCUT2D eigenvalue weighted by atomic mass is 16.5. The summed E-state index contributed by atoms with van der Waals surface area (Å²) in [6.07, 6.45) is 2.27. The smallest absolute Gasteiger partial charge is 0.289 e. The Bertz CT molecular complexity index is 1030. The largest absolute Gasteiger partial charge is 0.496 e. The Morgan fingerprint density at radius 3 is 2.70 bits per heavy atom. The molecule has 0 N–H and O–H groups in total. The van der Waals surface area contributed by atoms with Gasteiger partial charge in [0.2, 0.25) is 0 Å². The fourth-order valence-electron chi connectivity index (χ4n) is 4.67. The van der Waals surface area contributed by atoms with E-state index in [9.17, 15) is 4.79 Å². The first-order valence-corrected chi connectivity index (χ1v) is 11.8. The van der Waals surface area contributed by atoms with E-state index >= 15 is 0 Å². The molecule has 6 heteroatoms. The van der Waals surface area contributed by atoms with Gasteiger partial charge in [-0.2, -0.15) is 0 Å². The average molecular weight is 450 g/mol. The maximum Gasteiger partial charge on any atom is 0.289 e. The van der Waals surface area contributed by atoms with E-state index in [1.54, 1.807) is 7.11 Å². The van der Waals surface area contributed by atoms with E-state index in [1.807, 2.05) is 61.5 Å².